The summed E-state index contributed by atoms with van der Waals surface area (Å²) < 4.78 is 12.4. The molecule has 2 heterocycles. The molecule has 13 heteroatoms. The molecular formula is C57H97BrN4O8. The molecule has 0 aliphatic heterocycles. The second-order valence-electron chi connectivity index (χ2n) is 24.4. The van der Waals surface area contributed by atoms with Crippen LogP contribution in [0.15, 0.2) is 24.8 Å². The SMILES string of the molecule is C.C.C.COC[C@@]1(O)CC[C@@]2(C)[C@@H](CC[C@@H]3[C@@H]2CC[C@]2(C)[C@@H](C(=O)CBr)CC[C@@H]32)C1.COC[C@@]1(O)CC[C@@]2(C)[C@@H](CC[C@@H]3[C@@H]2CC[C@]2(C)[C@@H](C(=O)Cn4cc(CO)cn4)CC[C@@H]32)C1.OCc1cn[nH]c1. The van der Waals surface area contributed by atoms with Gasteiger partial charge in [0.05, 0.1) is 61.9 Å². The first-order chi connectivity index (χ1) is 31.9. The van der Waals surface area contributed by atoms with E-state index in [0.717, 1.165) is 86.7 Å². The number of Topliss-reactive ketones (excluding diaryl/α,β-unsaturated/α-hetero) is 2. The lowest BCUT2D eigenvalue weighted by molar-refractivity contribution is -0.164. The van der Waals surface area contributed by atoms with Gasteiger partial charge in [-0.25, -0.2) is 0 Å². The molecule has 0 amide bonds. The second-order valence-corrected chi connectivity index (χ2v) is 25.0. The van der Waals surface area contributed by atoms with Crippen LogP contribution in [0.2, 0.25) is 0 Å². The van der Waals surface area contributed by atoms with E-state index in [4.69, 9.17) is 14.6 Å². The Kier molecular flexibility index (Phi) is 19.6. The Bertz CT molecular complexity index is 2000. The largest absolute Gasteiger partial charge is 0.392 e. The number of rotatable bonds is 11. The number of aromatic nitrogens is 4. The summed E-state index contributed by atoms with van der Waals surface area (Å²) in [6.45, 7) is 11.1. The number of H-pyrrole nitrogens is 1. The molecule has 2 aromatic rings. The zero-order valence-electron chi connectivity index (χ0n) is 41.7. The first-order valence-electron chi connectivity index (χ1n) is 26.2. The van der Waals surface area contributed by atoms with Gasteiger partial charge in [-0.15, -0.1) is 0 Å². The Hall–Kier alpha value is -2.00. The van der Waals surface area contributed by atoms with Crippen molar-refractivity contribution in [1.29, 1.82) is 0 Å². The number of alkyl halides is 1. The molecule has 0 saturated heterocycles. The lowest BCUT2D eigenvalue weighted by atomic mass is 9.44. The molecule has 8 fully saturated rings. The maximum absolute atomic E-state index is 13.4. The fourth-order valence-corrected chi connectivity index (χ4v) is 18.2. The van der Waals surface area contributed by atoms with Crippen molar-refractivity contribution in [1.82, 2.24) is 20.0 Å². The molecule has 0 spiro atoms. The fourth-order valence-electron chi connectivity index (χ4n) is 17.8. The zero-order valence-corrected chi connectivity index (χ0v) is 43.3. The topological polar surface area (TPSA) is 180 Å². The Morgan fingerprint density at radius 3 is 1.51 bits per heavy atom. The molecule has 0 radical (unpaired) electrons. The van der Waals surface area contributed by atoms with Crippen molar-refractivity contribution in [2.24, 2.45) is 80.8 Å². The number of ketones is 2. The summed E-state index contributed by atoms with van der Waals surface area (Å²) in [7, 11) is 3.40. The summed E-state index contributed by atoms with van der Waals surface area (Å²) in [5, 5.41) is 50.7. The zero-order chi connectivity index (χ0) is 48.0. The molecule has 10 rings (SSSR count). The Labute approximate surface area is 431 Å². The molecule has 0 unspecified atom stereocenters. The monoisotopic (exact) mass is 1040 g/mol. The Morgan fingerprint density at radius 2 is 1.11 bits per heavy atom. The van der Waals surface area contributed by atoms with Gasteiger partial charge in [0, 0.05) is 49.6 Å². The highest BCUT2D eigenvalue weighted by Gasteiger charge is 2.64. The minimum Gasteiger partial charge on any atom is -0.392 e. The molecule has 16 atom stereocenters. The van der Waals surface area contributed by atoms with Crippen molar-refractivity contribution in [2.45, 2.75) is 197 Å². The minimum absolute atomic E-state index is 0. The van der Waals surface area contributed by atoms with Crippen LogP contribution < -0.4 is 0 Å². The number of carbonyl (C=O) groups excluding carboxylic acids is 2. The van der Waals surface area contributed by atoms with E-state index in [1.165, 1.54) is 57.8 Å². The van der Waals surface area contributed by atoms with Crippen molar-refractivity contribution in [3.05, 3.63) is 35.9 Å². The maximum Gasteiger partial charge on any atom is 0.157 e. The van der Waals surface area contributed by atoms with E-state index >= 15 is 0 Å². The molecule has 70 heavy (non-hydrogen) atoms. The molecule has 2 aromatic heterocycles. The number of aliphatic hydroxyl groups is 4. The summed E-state index contributed by atoms with van der Waals surface area (Å²) in [6.07, 6.45) is 26.8. The average molecular weight is 1050 g/mol. The third kappa shape index (κ3) is 10.9. The molecule has 5 N–H and O–H groups in total. The number of ether oxygens (including phenoxy) is 2. The Balaban J connectivity index is 0.000000223. The van der Waals surface area contributed by atoms with Gasteiger partial charge in [-0.1, -0.05) is 65.9 Å². The smallest absolute Gasteiger partial charge is 0.157 e. The molecule has 8 saturated carbocycles. The fraction of sp³-hybridized carbons (Fsp3) is 0.860. The van der Waals surface area contributed by atoms with Gasteiger partial charge >= 0.3 is 0 Å². The maximum atomic E-state index is 13.4. The van der Waals surface area contributed by atoms with Crippen LogP contribution >= 0.6 is 15.9 Å². The number of carbonyl (C=O) groups is 2. The van der Waals surface area contributed by atoms with E-state index in [0.29, 0.717) is 77.1 Å². The van der Waals surface area contributed by atoms with Crippen molar-refractivity contribution < 1.29 is 39.5 Å². The molecule has 8 aliphatic rings. The number of methoxy groups -OCH3 is 2. The van der Waals surface area contributed by atoms with Crippen LogP contribution in [0, 0.1) is 80.8 Å². The summed E-state index contributed by atoms with van der Waals surface area (Å²) in [5.74, 6) is 6.68. The van der Waals surface area contributed by atoms with Crippen LogP contribution in [0.25, 0.3) is 0 Å². The van der Waals surface area contributed by atoms with Crippen LogP contribution in [-0.2, 0) is 38.8 Å². The highest BCUT2D eigenvalue weighted by atomic mass is 79.9. The second kappa shape index (κ2) is 23.3. The molecule has 8 aliphatic carbocycles. The van der Waals surface area contributed by atoms with Crippen molar-refractivity contribution in [3.63, 3.8) is 0 Å². The quantitative estimate of drug-likeness (QED) is 0.136. The third-order valence-corrected chi connectivity index (χ3v) is 21.9. The average Bonchev–Trinajstić information content (AvgIpc) is 4.13. The number of nitrogens with zero attached hydrogens (tertiary/aromatic N) is 3. The summed E-state index contributed by atoms with van der Waals surface area (Å²) >= 11 is 3.43. The van der Waals surface area contributed by atoms with Crippen LogP contribution in [0.5, 0.6) is 0 Å². The van der Waals surface area contributed by atoms with Crippen LogP contribution in [0.3, 0.4) is 0 Å². The van der Waals surface area contributed by atoms with E-state index in [1.54, 1.807) is 43.7 Å². The highest BCUT2D eigenvalue weighted by molar-refractivity contribution is 9.09. The van der Waals surface area contributed by atoms with E-state index in [2.05, 4.69) is 58.9 Å². The van der Waals surface area contributed by atoms with Gasteiger partial charge < -0.3 is 29.9 Å². The van der Waals surface area contributed by atoms with Crippen LogP contribution in [0.1, 0.15) is 177 Å². The number of hydrogen-bond acceptors (Lipinski definition) is 10. The van der Waals surface area contributed by atoms with Gasteiger partial charge in [0.1, 0.15) is 5.78 Å². The molecule has 400 valence electrons. The third-order valence-electron chi connectivity index (χ3n) is 21.3. The van der Waals surface area contributed by atoms with Gasteiger partial charge in [0.15, 0.2) is 5.78 Å². The normalized spacial score (nSPS) is 42.0. The lowest BCUT2D eigenvalue weighted by Crippen LogP contribution is -2.56. The standard InChI is InChI=1S/C27H42N2O4.C23H37BrO3.C4H6N2O.3CH4/c1-25-10-11-27(32,17-33-3)12-19(25)4-5-20-21-6-7-23(26(21,2)9-8-22(20)25)24(31)15-29-14-18(16-30)13-28-29;1-21-10-11-23(26,14-27-3)12-15(21)4-5-16-17-6-7-19(20(25)13-24)22(17,2)9-8-18(16)21;7-3-4-1-5-6-2-4;;;/h13-14,19-23,30,32H,4-12,15-17H2,1-3H3;15-19,26H,4-14H2,1-3H3;1-2,7H,3H2,(H,5,6);3*1H4/t19-,20-,21-,22-,23+,25-,26-,27+;15-,16-,17-,18-,19+,21-,22-,23+;;;;/m00..../s1. The predicted octanol–water partition coefficient (Wildman–Crippen LogP) is 10.8. The van der Waals surface area contributed by atoms with E-state index in [1.807, 2.05) is 0 Å². The van der Waals surface area contributed by atoms with Crippen LogP contribution in [0.4, 0.5) is 0 Å². The van der Waals surface area contributed by atoms with Gasteiger partial charge in [-0.2, -0.15) is 10.2 Å². The molecule has 0 aromatic carbocycles. The van der Waals surface area contributed by atoms with Crippen LogP contribution in [-0.4, -0.2) is 95.9 Å². The number of halogens is 1. The molecule has 0 bridgehead atoms. The van der Waals surface area contributed by atoms with E-state index in [9.17, 15) is 24.9 Å². The first-order valence-corrected chi connectivity index (χ1v) is 27.3. The van der Waals surface area contributed by atoms with Crippen molar-refractivity contribution in [2.75, 3.05) is 32.8 Å². The number of nitrogens with one attached hydrogen (secondary N) is 1. The number of fused-ring (bicyclic) bond motifs is 10. The van der Waals surface area contributed by atoms with Crippen molar-refractivity contribution >= 4 is 27.5 Å². The van der Waals surface area contributed by atoms with Gasteiger partial charge in [0.25, 0.3) is 0 Å². The minimum atomic E-state index is -0.651. The van der Waals surface area contributed by atoms with Gasteiger partial charge in [0.2, 0.25) is 0 Å². The summed E-state index contributed by atoms with van der Waals surface area (Å²) in [5.41, 5.74) is 1.30. The lowest BCUT2D eigenvalue weighted by Gasteiger charge is -2.62. The first kappa shape index (κ1) is 58.9. The van der Waals surface area contributed by atoms with E-state index < -0.39 is 11.2 Å². The Morgan fingerprint density at radius 1 is 0.643 bits per heavy atom. The summed E-state index contributed by atoms with van der Waals surface area (Å²) in [6, 6.07) is 0. The number of hydrogen-bond donors (Lipinski definition) is 5. The van der Waals surface area contributed by atoms with Gasteiger partial charge in [-0.05, 0) is 185 Å². The van der Waals surface area contributed by atoms with Gasteiger partial charge in [-0.3, -0.25) is 19.4 Å². The number of aliphatic hydroxyl groups excluding tert-OH is 2. The predicted molar refractivity (Wildman–Crippen MR) is 281 cm³/mol. The highest BCUT2D eigenvalue weighted by Crippen LogP contribution is 2.70. The summed E-state index contributed by atoms with van der Waals surface area (Å²) in [4.78, 5) is 26.0. The van der Waals surface area contributed by atoms with Crippen molar-refractivity contribution in [3.8, 4) is 0 Å². The molecular weight excluding hydrogens is 949 g/mol. The van der Waals surface area contributed by atoms with E-state index in [-0.39, 0.29) is 58.2 Å². The number of aromatic amines is 1. The molecule has 12 nitrogen and oxygen atoms in total.